The maximum Gasteiger partial charge on any atom is 0.434 e. The Bertz CT molecular complexity index is 2330. The summed E-state index contributed by atoms with van der Waals surface area (Å²) in [6.45, 7) is 7.06. The van der Waals surface area contributed by atoms with Crippen molar-refractivity contribution >= 4 is 41.0 Å². The zero-order valence-electron chi connectivity index (χ0n) is 42.7. The van der Waals surface area contributed by atoms with Crippen molar-refractivity contribution in [2.45, 2.75) is 114 Å². The van der Waals surface area contributed by atoms with E-state index in [9.17, 15) is 47.4 Å². The van der Waals surface area contributed by atoms with Gasteiger partial charge in [0, 0.05) is 51.3 Å². The molecule has 6 rings (SSSR count). The van der Waals surface area contributed by atoms with E-state index in [1.807, 2.05) is 13.8 Å². The van der Waals surface area contributed by atoms with E-state index in [1.165, 1.54) is 6.92 Å². The molecule has 1 aromatic carbocycles. The van der Waals surface area contributed by atoms with Gasteiger partial charge in [-0.05, 0) is 56.4 Å². The molecule has 22 nitrogen and oxygen atoms in total. The molecule has 2 aliphatic heterocycles. The van der Waals surface area contributed by atoms with Crippen molar-refractivity contribution in [1.82, 2.24) is 34.9 Å². The second-order valence-electron chi connectivity index (χ2n) is 19.2. The van der Waals surface area contributed by atoms with E-state index in [0.29, 0.717) is 17.6 Å². The SMILES string of the molecule is CC(=O)N[C@H](Cc1ccc(NC(=O)[C@H](c2cc(C(N)=O)n(C(C)C)n2)C2CCCCCC2)cc1)C(=O)N1CCN(C(=O)COCCOCCOCCOC[C@H]2OC[C@H](Nc3cncc(C(F)(F)F)n3)[C@@H](O)[C@H]2O)CC1. The first-order valence-corrected chi connectivity index (χ1v) is 25.5. The number of aromatic nitrogens is 4. The third kappa shape index (κ3) is 17.3. The number of aliphatic hydroxyl groups is 2. The fourth-order valence-electron chi connectivity index (χ4n) is 9.33. The Morgan fingerprint density at radius 1 is 0.853 bits per heavy atom. The van der Waals surface area contributed by atoms with E-state index in [-0.39, 0.29) is 139 Å². The fraction of sp³-hybridized carbons (Fsp3) is 0.640. The number of benzene rings is 1. The highest BCUT2D eigenvalue weighted by molar-refractivity contribution is 5.97. The van der Waals surface area contributed by atoms with Crippen LogP contribution in [-0.4, -0.2) is 185 Å². The van der Waals surface area contributed by atoms with Crippen molar-refractivity contribution in [3.8, 4) is 0 Å². The molecule has 2 saturated heterocycles. The lowest BCUT2D eigenvalue weighted by atomic mass is 9.83. The number of ether oxygens (including phenoxy) is 5. The van der Waals surface area contributed by atoms with Crippen LogP contribution >= 0.6 is 0 Å². The molecule has 414 valence electrons. The smallest absolute Gasteiger partial charge is 0.388 e. The summed E-state index contributed by atoms with van der Waals surface area (Å²) in [5.74, 6) is -2.50. The molecule has 1 saturated carbocycles. The molecule has 7 N–H and O–H groups in total. The molecular formula is C50H71F3N10O12. The molecule has 3 aromatic rings. The Morgan fingerprint density at radius 3 is 2.08 bits per heavy atom. The highest BCUT2D eigenvalue weighted by Gasteiger charge is 2.40. The summed E-state index contributed by atoms with van der Waals surface area (Å²) in [5.41, 5.74) is 6.58. The Labute approximate surface area is 433 Å². The average molecular weight is 1060 g/mol. The Hall–Kier alpha value is -5.83. The van der Waals surface area contributed by atoms with Crippen LogP contribution in [0.5, 0.6) is 0 Å². The van der Waals surface area contributed by atoms with Gasteiger partial charge in [-0.15, -0.1) is 0 Å². The van der Waals surface area contributed by atoms with Crippen LogP contribution in [0.25, 0.3) is 0 Å². The van der Waals surface area contributed by atoms with Crippen LogP contribution in [0.3, 0.4) is 0 Å². The lowest BCUT2D eigenvalue weighted by Gasteiger charge is -2.38. The number of nitrogens with zero attached hydrogens (tertiary/aromatic N) is 6. The van der Waals surface area contributed by atoms with Crippen molar-refractivity contribution in [2.75, 3.05) is 96.3 Å². The molecule has 3 fully saturated rings. The molecule has 75 heavy (non-hydrogen) atoms. The van der Waals surface area contributed by atoms with E-state index >= 15 is 0 Å². The van der Waals surface area contributed by atoms with E-state index in [1.54, 1.807) is 44.8 Å². The fourth-order valence-corrected chi connectivity index (χ4v) is 9.33. The van der Waals surface area contributed by atoms with Crippen LogP contribution in [0.15, 0.2) is 42.7 Å². The molecule has 0 radical (unpaired) electrons. The number of carbonyl (C=O) groups excluding carboxylic acids is 5. The number of hydrogen-bond acceptors (Lipinski definition) is 16. The van der Waals surface area contributed by atoms with E-state index in [0.717, 1.165) is 50.3 Å². The topological polar surface area (TPSA) is 284 Å². The van der Waals surface area contributed by atoms with E-state index in [4.69, 9.17) is 34.5 Å². The van der Waals surface area contributed by atoms with Gasteiger partial charge in [0.1, 0.15) is 42.5 Å². The van der Waals surface area contributed by atoms with Crippen LogP contribution < -0.4 is 21.7 Å². The van der Waals surface area contributed by atoms with Gasteiger partial charge in [-0.2, -0.15) is 18.3 Å². The van der Waals surface area contributed by atoms with E-state index < -0.39 is 54.1 Å². The van der Waals surface area contributed by atoms with Gasteiger partial charge in [-0.1, -0.05) is 37.8 Å². The van der Waals surface area contributed by atoms with Crippen LogP contribution in [0.2, 0.25) is 0 Å². The molecule has 2 aromatic heterocycles. The van der Waals surface area contributed by atoms with Gasteiger partial charge in [0.25, 0.3) is 5.91 Å². The number of hydrogen-bond donors (Lipinski definition) is 6. The van der Waals surface area contributed by atoms with Gasteiger partial charge in [0.2, 0.25) is 23.6 Å². The predicted molar refractivity (Wildman–Crippen MR) is 264 cm³/mol. The molecular weight excluding hydrogens is 990 g/mol. The normalized spacial score (nSPS) is 20.5. The lowest BCUT2D eigenvalue weighted by molar-refractivity contribution is -0.161. The molecule has 25 heteroatoms. The summed E-state index contributed by atoms with van der Waals surface area (Å²) in [5, 5.41) is 34.2. The molecule has 1 aliphatic carbocycles. The molecule has 4 heterocycles. The van der Waals surface area contributed by atoms with Crippen molar-refractivity contribution in [3.05, 3.63) is 65.4 Å². The van der Waals surface area contributed by atoms with Crippen LogP contribution in [0.4, 0.5) is 24.7 Å². The van der Waals surface area contributed by atoms with Gasteiger partial charge >= 0.3 is 6.18 Å². The number of rotatable bonds is 25. The van der Waals surface area contributed by atoms with Gasteiger partial charge in [-0.3, -0.25) is 33.6 Å². The number of piperazine rings is 1. The van der Waals surface area contributed by atoms with Crippen LogP contribution in [0.1, 0.15) is 98.7 Å². The molecule has 6 atom stereocenters. The summed E-state index contributed by atoms with van der Waals surface area (Å²) in [6.07, 6.45) is -0.584. The average Bonchev–Trinajstić information content (AvgIpc) is 3.66. The van der Waals surface area contributed by atoms with Crippen molar-refractivity contribution in [1.29, 1.82) is 0 Å². The quantitative estimate of drug-likeness (QED) is 0.0525. The summed E-state index contributed by atoms with van der Waals surface area (Å²) < 4.78 is 68.1. The summed E-state index contributed by atoms with van der Waals surface area (Å²) in [6, 6.07) is 6.83. The Balaban J connectivity index is 0.841. The highest BCUT2D eigenvalue weighted by atomic mass is 19.4. The molecule has 0 bridgehead atoms. The largest absolute Gasteiger partial charge is 0.434 e. The standard InChI is InChI=1S/C50H71F3N10O12/c1-31(2)63-39(47(54)68)25-36(60-63)44(34-8-6-4-5-7-9-34)48(69)57-35-12-10-33(11-13-35)24-37(56-32(3)64)49(70)62-16-14-61(15-17-62)43(65)30-74-23-21-72-19-18-71-20-22-73-29-40-46(67)45(66)38(28-75-40)58-42-27-55-26-41(59-42)50(51,52)53/h10-13,25-27,31,34,37-38,40,44-46,66-67H,4-9,14-24,28-30H2,1-3H3,(H2,54,68)(H,56,64)(H,57,69)(H,58,59)/t37-,38+,40-,44+,45-,46+/m1/s1. The van der Waals surface area contributed by atoms with Gasteiger partial charge in [0.05, 0.1) is 82.9 Å². The first-order chi connectivity index (χ1) is 35.9. The second kappa shape index (κ2) is 28.3. The summed E-state index contributed by atoms with van der Waals surface area (Å²) in [7, 11) is 0. The monoisotopic (exact) mass is 1060 g/mol. The highest BCUT2D eigenvalue weighted by Crippen LogP contribution is 2.37. The maximum absolute atomic E-state index is 14.1. The minimum absolute atomic E-state index is 0.0378. The molecule has 5 amide bonds. The van der Waals surface area contributed by atoms with Crippen LogP contribution in [0, 0.1) is 5.92 Å². The van der Waals surface area contributed by atoms with Crippen molar-refractivity contribution < 1.29 is 71.0 Å². The summed E-state index contributed by atoms with van der Waals surface area (Å²) >= 11 is 0. The van der Waals surface area contributed by atoms with Gasteiger partial charge in [-0.25, -0.2) is 4.98 Å². The van der Waals surface area contributed by atoms with Crippen LogP contribution in [-0.2, 0) is 55.5 Å². The number of aliphatic hydroxyl groups excluding tert-OH is 2. The zero-order valence-corrected chi connectivity index (χ0v) is 42.7. The third-order valence-corrected chi connectivity index (χ3v) is 13.3. The van der Waals surface area contributed by atoms with Gasteiger partial charge < -0.3 is 65.4 Å². The Morgan fingerprint density at radius 2 is 1.48 bits per heavy atom. The molecule has 0 unspecified atom stereocenters. The predicted octanol–water partition coefficient (Wildman–Crippen LogP) is 2.45. The lowest BCUT2D eigenvalue weighted by Crippen LogP contribution is -2.57. The minimum Gasteiger partial charge on any atom is -0.388 e. The number of anilines is 2. The number of nitrogens with one attached hydrogen (secondary N) is 3. The Kier molecular flexibility index (Phi) is 22.1. The van der Waals surface area contributed by atoms with Crippen molar-refractivity contribution in [3.63, 3.8) is 0 Å². The molecule has 3 aliphatic rings. The third-order valence-electron chi connectivity index (χ3n) is 13.3. The maximum atomic E-state index is 14.1. The first-order valence-electron chi connectivity index (χ1n) is 25.5. The first kappa shape index (κ1) is 58.4. The minimum atomic E-state index is -4.70. The number of nitrogens with two attached hydrogens (primary N) is 1. The molecule has 0 spiro atoms. The zero-order chi connectivity index (χ0) is 54.1. The summed E-state index contributed by atoms with van der Waals surface area (Å²) in [4.78, 5) is 75.6. The second-order valence-corrected chi connectivity index (χ2v) is 19.2. The number of amides is 5. The number of carbonyl (C=O) groups is 5. The number of halogens is 3. The number of primary amides is 1. The van der Waals surface area contributed by atoms with Crippen molar-refractivity contribution in [2.24, 2.45) is 11.7 Å². The van der Waals surface area contributed by atoms with Gasteiger partial charge in [0.15, 0.2) is 5.69 Å². The van der Waals surface area contributed by atoms with E-state index in [2.05, 4.69) is 25.9 Å². The number of alkyl halides is 3.